The number of methoxy groups -OCH3 is 2. The quantitative estimate of drug-likeness (QED) is 0.901. The van der Waals surface area contributed by atoms with E-state index in [4.69, 9.17) is 16.3 Å². The molecular formula is C14H14ClN3O3. The van der Waals surface area contributed by atoms with Gasteiger partial charge in [0.1, 0.15) is 11.6 Å². The molecule has 7 heteroatoms. The maximum absolute atomic E-state index is 11.0. The number of halogens is 1. The lowest BCUT2D eigenvalue weighted by Gasteiger charge is -2.09. The van der Waals surface area contributed by atoms with Crippen molar-refractivity contribution >= 4 is 34.9 Å². The minimum absolute atomic E-state index is 0.403. The molecular weight excluding hydrogens is 294 g/mol. The number of carbonyl (C=O) groups excluding carboxylic acids is 1. The van der Waals surface area contributed by atoms with Crippen LogP contribution in [0.5, 0.6) is 5.75 Å². The Bertz CT molecular complexity index is 632. The van der Waals surface area contributed by atoms with E-state index in [1.165, 1.54) is 7.11 Å². The van der Waals surface area contributed by atoms with Crippen LogP contribution in [0, 0.1) is 0 Å². The van der Waals surface area contributed by atoms with E-state index in [1.807, 2.05) is 6.07 Å². The smallest absolute Gasteiger partial charge is 0.412 e. The van der Waals surface area contributed by atoms with Crippen molar-refractivity contribution in [3.63, 3.8) is 0 Å². The van der Waals surface area contributed by atoms with Gasteiger partial charge >= 0.3 is 6.09 Å². The maximum atomic E-state index is 11.0. The van der Waals surface area contributed by atoms with Crippen molar-refractivity contribution in [3.8, 4) is 5.75 Å². The molecule has 0 unspecified atom stereocenters. The summed E-state index contributed by atoms with van der Waals surface area (Å²) in [5.74, 6) is 1.01. The van der Waals surface area contributed by atoms with Crippen LogP contribution in [0.1, 0.15) is 0 Å². The second kappa shape index (κ2) is 6.81. The highest BCUT2D eigenvalue weighted by molar-refractivity contribution is 6.32. The van der Waals surface area contributed by atoms with Crippen molar-refractivity contribution in [2.24, 2.45) is 0 Å². The average molecular weight is 308 g/mol. The molecule has 0 fully saturated rings. The van der Waals surface area contributed by atoms with E-state index in [9.17, 15) is 4.79 Å². The van der Waals surface area contributed by atoms with Gasteiger partial charge in [-0.25, -0.2) is 9.78 Å². The fourth-order valence-electron chi connectivity index (χ4n) is 1.61. The second-order valence-electron chi connectivity index (χ2n) is 4.02. The Labute approximate surface area is 127 Å². The predicted molar refractivity (Wildman–Crippen MR) is 81.6 cm³/mol. The lowest BCUT2D eigenvalue weighted by Crippen LogP contribution is -2.11. The number of nitrogens with zero attached hydrogens (tertiary/aromatic N) is 1. The summed E-state index contributed by atoms with van der Waals surface area (Å²) >= 11 is 6.05. The molecule has 1 aromatic heterocycles. The summed E-state index contributed by atoms with van der Waals surface area (Å²) in [6.07, 6.45) is 1.02. The number of ether oxygens (including phenoxy) is 2. The Morgan fingerprint density at radius 2 is 1.95 bits per heavy atom. The van der Waals surface area contributed by atoms with Crippen molar-refractivity contribution in [2.45, 2.75) is 0 Å². The molecule has 6 nitrogen and oxygen atoms in total. The minimum atomic E-state index is -0.565. The number of nitrogens with one attached hydrogen (secondary N) is 2. The Hall–Kier alpha value is -2.47. The zero-order chi connectivity index (χ0) is 15.2. The third-order valence-electron chi connectivity index (χ3n) is 2.62. The first-order valence-corrected chi connectivity index (χ1v) is 6.42. The predicted octanol–water partition coefficient (Wildman–Crippen LogP) is 3.67. The molecule has 0 saturated heterocycles. The van der Waals surface area contributed by atoms with E-state index >= 15 is 0 Å². The summed E-state index contributed by atoms with van der Waals surface area (Å²) < 4.78 is 9.57. The van der Waals surface area contributed by atoms with Crippen LogP contribution in [0.4, 0.5) is 22.0 Å². The number of amides is 1. The highest BCUT2D eigenvalue weighted by Gasteiger charge is 2.04. The number of anilines is 3. The zero-order valence-electron chi connectivity index (χ0n) is 11.5. The van der Waals surface area contributed by atoms with Gasteiger partial charge < -0.3 is 14.8 Å². The maximum Gasteiger partial charge on any atom is 0.412 e. The summed E-state index contributed by atoms with van der Waals surface area (Å²) in [7, 11) is 2.85. The molecule has 1 heterocycles. The first-order chi connectivity index (χ1) is 10.1. The van der Waals surface area contributed by atoms with E-state index in [0.717, 1.165) is 11.4 Å². The summed E-state index contributed by atoms with van der Waals surface area (Å²) in [5, 5.41) is 6.13. The van der Waals surface area contributed by atoms with Crippen molar-refractivity contribution in [2.75, 3.05) is 24.9 Å². The van der Waals surface area contributed by atoms with Gasteiger partial charge in [-0.2, -0.15) is 0 Å². The first kappa shape index (κ1) is 14.9. The highest BCUT2D eigenvalue weighted by atomic mass is 35.5. The van der Waals surface area contributed by atoms with Crippen LogP contribution < -0.4 is 15.4 Å². The molecule has 0 aliphatic heterocycles. The van der Waals surface area contributed by atoms with Gasteiger partial charge in [-0.1, -0.05) is 11.6 Å². The van der Waals surface area contributed by atoms with Crippen molar-refractivity contribution < 1.29 is 14.3 Å². The Morgan fingerprint density at radius 1 is 1.19 bits per heavy atom. The number of pyridine rings is 1. The molecule has 0 aliphatic carbocycles. The summed E-state index contributed by atoms with van der Waals surface area (Å²) in [5.41, 5.74) is 1.56. The standard InChI is InChI=1S/C14H14ClN3O3/c1-20-12-5-3-9(7-11(12)15)17-10-4-6-13(16-8-10)18-14(19)21-2/h3-8,17H,1-2H3,(H,16,18,19). The van der Waals surface area contributed by atoms with Crippen LogP contribution in [0.3, 0.4) is 0 Å². The summed E-state index contributed by atoms with van der Waals surface area (Å²) in [4.78, 5) is 15.1. The van der Waals surface area contributed by atoms with Gasteiger partial charge in [-0.15, -0.1) is 0 Å². The Kier molecular flexibility index (Phi) is 4.84. The van der Waals surface area contributed by atoms with Gasteiger partial charge in [0.2, 0.25) is 0 Å². The van der Waals surface area contributed by atoms with Gasteiger partial charge in [0.05, 0.1) is 31.1 Å². The van der Waals surface area contributed by atoms with E-state index in [-0.39, 0.29) is 0 Å². The van der Waals surface area contributed by atoms with Gasteiger partial charge in [0.25, 0.3) is 0 Å². The largest absolute Gasteiger partial charge is 0.495 e. The fraction of sp³-hybridized carbons (Fsp3) is 0.143. The summed E-state index contributed by atoms with van der Waals surface area (Å²) in [6, 6.07) is 8.79. The highest BCUT2D eigenvalue weighted by Crippen LogP contribution is 2.28. The van der Waals surface area contributed by atoms with Crippen LogP contribution in [0.15, 0.2) is 36.5 Å². The SMILES string of the molecule is COC(=O)Nc1ccc(Nc2ccc(OC)c(Cl)c2)cn1. The molecule has 0 aliphatic rings. The van der Waals surface area contributed by atoms with Crippen LogP contribution >= 0.6 is 11.6 Å². The Morgan fingerprint density at radius 3 is 2.52 bits per heavy atom. The molecule has 0 bridgehead atoms. The van der Waals surface area contributed by atoms with Crippen LogP contribution in [-0.4, -0.2) is 25.3 Å². The molecule has 1 amide bonds. The number of rotatable bonds is 4. The minimum Gasteiger partial charge on any atom is -0.495 e. The third kappa shape index (κ3) is 4.00. The lowest BCUT2D eigenvalue weighted by atomic mass is 10.3. The summed E-state index contributed by atoms with van der Waals surface area (Å²) in [6.45, 7) is 0. The monoisotopic (exact) mass is 307 g/mol. The van der Waals surface area contributed by atoms with Crippen molar-refractivity contribution in [1.29, 1.82) is 0 Å². The fourth-order valence-corrected chi connectivity index (χ4v) is 1.87. The van der Waals surface area contributed by atoms with Crippen molar-refractivity contribution in [1.82, 2.24) is 4.98 Å². The lowest BCUT2D eigenvalue weighted by molar-refractivity contribution is 0.187. The molecule has 0 radical (unpaired) electrons. The first-order valence-electron chi connectivity index (χ1n) is 6.04. The normalized spacial score (nSPS) is 9.86. The Balaban J connectivity index is 2.06. The number of carbonyl (C=O) groups is 1. The van der Waals surface area contributed by atoms with Crippen LogP contribution in [-0.2, 0) is 4.74 Å². The number of benzene rings is 1. The molecule has 1 aromatic carbocycles. The molecule has 0 spiro atoms. The zero-order valence-corrected chi connectivity index (χ0v) is 12.3. The van der Waals surface area contributed by atoms with Crippen molar-refractivity contribution in [3.05, 3.63) is 41.6 Å². The molecule has 2 N–H and O–H groups in total. The van der Waals surface area contributed by atoms with Gasteiger partial charge in [-0.05, 0) is 30.3 Å². The molecule has 0 atom stereocenters. The number of hydrogen-bond acceptors (Lipinski definition) is 5. The van der Waals surface area contributed by atoms with E-state index < -0.39 is 6.09 Å². The van der Waals surface area contributed by atoms with Gasteiger partial charge in [0, 0.05) is 5.69 Å². The topological polar surface area (TPSA) is 72.5 Å². The molecule has 110 valence electrons. The van der Waals surface area contributed by atoms with Gasteiger partial charge in [0.15, 0.2) is 0 Å². The number of aromatic nitrogens is 1. The number of hydrogen-bond donors (Lipinski definition) is 2. The van der Waals surface area contributed by atoms with Crippen LogP contribution in [0.2, 0.25) is 5.02 Å². The molecule has 21 heavy (non-hydrogen) atoms. The molecule has 0 saturated carbocycles. The molecule has 2 rings (SSSR count). The third-order valence-corrected chi connectivity index (χ3v) is 2.91. The van der Waals surface area contributed by atoms with E-state index in [1.54, 1.807) is 37.6 Å². The average Bonchev–Trinajstić information content (AvgIpc) is 2.49. The molecule has 2 aromatic rings. The van der Waals surface area contributed by atoms with E-state index in [0.29, 0.717) is 16.6 Å². The van der Waals surface area contributed by atoms with Crippen LogP contribution in [0.25, 0.3) is 0 Å². The van der Waals surface area contributed by atoms with Gasteiger partial charge in [-0.3, -0.25) is 5.32 Å². The second-order valence-corrected chi connectivity index (χ2v) is 4.43. The van der Waals surface area contributed by atoms with E-state index in [2.05, 4.69) is 20.4 Å².